The van der Waals surface area contributed by atoms with E-state index in [2.05, 4.69) is 31.1 Å². The van der Waals surface area contributed by atoms with Crippen LogP contribution in [0.1, 0.15) is 37.6 Å². The van der Waals surface area contributed by atoms with Crippen LogP contribution >= 0.6 is 11.6 Å². The molecule has 0 unspecified atom stereocenters. The Morgan fingerprint density at radius 2 is 1.86 bits per heavy atom. The van der Waals surface area contributed by atoms with Gasteiger partial charge < -0.3 is 10.1 Å². The van der Waals surface area contributed by atoms with Gasteiger partial charge in [-0.1, -0.05) is 38.4 Å². The van der Waals surface area contributed by atoms with Crippen molar-refractivity contribution in [3.8, 4) is 17.0 Å². The second-order valence-corrected chi connectivity index (χ2v) is 8.10. The van der Waals surface area contributed by atoms with Crippen LogP contribution in [0.25, 0.3) is 11.3 Å². The number of pyridine rings is 1. The number of carbonyl (C=O) groups excluding carboxylic acids is 1. The number of rotatable bonds is 7. The average Bonchev–Trinajstić information content (AvgIpc) is 2.74. The molecule has 4 nitrogen and oxygen atoms in total. The maximum absolute atomic E-state index is 12.6. The van der Waals surface area contributed by atoms with E-state index >= 15 is 0 Å². The number of hydrogen-bond acceptors (Lipinski definition) is 3. The molecule has 1 N–H and O–H groups in total. The molecule has 150 valence electrons. The van der Waals surface area contributed by atoms with Gasteiger partial charge >= 0.3 is 0 Å². The summed E-state index contributed by atoms with van der Waals surface area (Å²) < 4.78 is 5.84. The predicted octanol–water partition coefficient (Wildman–Crippen LogP) is 6.47. The maximum Gasteiger partial charge on any atom is 0.255 e. The first kappa shape index (κ1) is 20.9. The molecule has 0 bridgehead atoms. The van der Waals surface area contributed by atoms with Crippen molar-refractivity contribution in [2.24, 2.45) is 5.41 Å². The first-order chi connectivity index (χ1) is 13.9. The zero-order valence-corrected chi connectivity index (χ0v) is 17.7. The summed E-state index contributed by atoms with van der Waals surface area (Å²) in [6.07, 6.45) is 2.75. The molecule has 1 heterocycles. The lowest BCUT2D eigenvalue weighted by Gasteiger charge is -2.22. The molecule has 0 saturated heterocycles. The monoisotopic (exact) mass is 408 g/mol. The molecule has 0 aliphatic heterocycles. The number of nitrogens with one attached hydrogen (secondary N) is 1. The van der Waals surface area contributed by atoms with Gasteiger partial charge in [-0.15, -0.1) is 0 Å². The van der Waals surface area contributed by atoms with Gasteiger partial charge in [0.25, 0.3) is 5.91 Å². The largest absolute Gasteiger partial charge is 0.493 e. The minimum Gasteiger partial charge on any atom is -0.493 e. The number of nitrogens with zero attached hydrogens (tertiary/aromatic N) is 1. The minimum atomic E-state index is -0.195. The average molecular weight is 409 g/mol. The van der Waals surface area contributed by atoms with Crippen LogP contribution in [-0.2, 0) is 0 Å². The molecule has 3 rings (SSSR count). The molecule has 0 atom stereocenters. The first-order valence-corrected chi connectivity index (χ1v) is 10.0. The quantitative estimate of drug-likeness (QED) is 0.487. The van der Waals surface area contributed by atoms with E-state index in [0.717, 1.165) is 23.4 Å². The molecule has 0 aliphatic carbocycles. The summed E-state index contributed by atoms with van der Waals surface area (Å²) in [5.41, 5.74) is 2.86. The fourth-order valence-electron chi connectivity index (χ4n) is 2.61. The van der Waals surface area contributed by atoms with Crippen LogP contribution in [-0.4, -0.2) is 17.5 Å². The van der Waals surface area contributed by atoms with Gasteiger partial charge in [-0.3, -0.25) is 9.78 Å². The molecule has 0 aliphatic rings. The molecule has 0 spiro atoms. The molecule has 3 aromatic rings. The van der Waals surface area contributed by atoms with Gasteiger partial charge in [0, 0.05) is 23.0 Å². The Bertz CT molecular complexity index is 970. The van der Waals surface area contributed by atoms with Crippen molar-refractivity contribution in [3.05, 3.63) is 77.4 Å². The van der Waals surface area contributed by atoms with Gasteiger partial charge in [-0.25, -0.2) is 0 Å². The molecule has 1 aromatic heterocycles. The lowest BCUT2D eigenvalue weighted by Crippen LogP contribution is -2.20. The number of halogens is 1. The van der Waals surface area contributed by atoms with Crippen LogP contribution in [0.2, 0.25) is 5.02 Å². The highest BCUT2D eigenvalue weighted by Gasteiger charge is 2.16. The smallest absolute Gasteiger partial charge is 0.255 e. The van der Waals surface area contributed by atoms with Crippen LogP contribution < -0.4 is 10.1 Å². The molecular weight excluding hydrogens is 384 g/mol. The van der Waals surface area contributed by atoms with Crippen LogP contribution in [0.5, 0.6) is 5.75 Å². The standard InChI is InChI=1S/C24H25ClN2O2/c1-4-24(2,3)16-29-19-11-8-17(9-12-19)23(28)27-18-10-13-21(25)20(15-18)22-7-5-6-14-26-22/h5-15H,4,16H2,1-3H3,(H,27,28). The van der Waals surface area contributed by atoms with E-state index in [0.29, 0.717) is 22.9 Å². The molecule has 29 heavy (non-hydrogen) atoms. The number of aromatic nitrogens is 1. The van der Waals surface area contributed by atoms with Gasteiger partial charge in [-0.2, -0.15) is 0 Å². The Balaban J connectivity index is 1.69. The van der Waals surface area contributed by atoms with Crippen molar-refractivity contribution >= 4 is 23.2 Å². The molecule has 5 heteroatoms. The third-order valence-electron chi connectivity index (χ3n) is 4.87. The Morgan fingerprint density at radius 3 is 2.52 bits per heavy atom. The summed E-state index contributed by atoms with van der Waals surface area (Å²) in [5.74, 6) is 0.562. The van der Waals surface area contributed by atoms with E-state index in [9.17, 15) is 4.79 Å². The summed E-state index contributed by atoms with van der Waals surface area (Å²) in [6, 6.07) is 18.2. The van der Waals surface area contributed by atoms with Crippen molar-refractivity contribution in [2.45, 2.75) is 27.2 Å². The molecule has 2 aromatic carbocycles. The van der Waals surface area contributed by atoms with E-state index in [-0.39, 0.29) is 11.3 Å². The van der Waals surface area contributed by atoms with Crippen LogP contribution in [0.4, 0.5) is 5.69 Å². The van der Waals surface area contributed by atoms with Gasteiger partial charge in [0.15, 0.2) is 0 Å². The minimum absolute atomic E-state index is 0.121. The van der Waals surface area contributed by atoms with E-state index in [1.54, 1.807) is 30.5 Å². The summed E-state index contributed by atoms with van der Waals surface area (Å²) in [6.45, 7) is 7.11. The first-order valence-electron chi connectivity index (χ1n) is 9.63. The second-order valence-electron chi connectivity index (χ2n) is 7.69. The SMILES string of the molecule is CCC(C)(C)COc1ccc(C(=O)Nc2ccc(Cl)c(-c3ccccn3)c2)cc1. The Kier molecular flexibility index (Phi) is 6.55. The van der Waals surface area contributed by atoms with Gasteiger partial charge in [-0.05, 0) is 66.4 Å². The lowest BCUT2D eigenvalue weighted by atomic mass is 9.92. The summed E-state index contributed by atoms with van der Waals surface area (Å²) in [7, 11) is 0. The fraction of sp³-hybridized carbons (Fsp3) is 0.250. The highest BCUT2D eigenvalue weighted by Crippen LogP contribution is 2.29. The Labute approximate surface area is 176 Å². The van der Waals surface area contributed by atoms with E-state index in [4.69, 9.17) is 16.3 Å². The number of amides is 1. The zero-order valence-electron chi connectivity index (χ0n) is 16.9. The predicted molar refractivity (Wildman–Crippen MR) is 119 cm³/mol. The third kappa shape index (κ3) is 5.58. The van der Waals surface area contributed by atoms with Crippen LogP contribution in [0.15, 0.2) is 66.9 Å². The number of benzene rings is 2. The second kappa shape index (κ2) is 9.10. The molecule has 0 radical (unpaired) electrons. The maximum atomic E-state index is 12.6. The summed E-state index contributed by atoms with van der Waals surface area (Å²) >= 11 is 6.31. The van der Waals surface area contributed by atoms with Crippen molar-refractivity contribution < 1.29 is 9.53 Å². The summed E-state index contributed by atoms with van der Waals surface area (Å²) in [4.78, 5) is 16.9. The van der Waals surface area contributed by atoms with Crippen molar-refractivity contribution in [1.82, 2.24) is 4.98 Å². The fourth-order valence-corrected chi connectivity index (χ4v) is 2.82. The van der Waals surface area contributed by atoms with Gasteiger partial charge in [0.1, 0.15) is 5.75 Å². The Morgan fingerprint density at radius 1 is 1.10 bits per heavy atom. The van der Waals surface area contributed by atoms with Gasteiger partial charge in [0.2, 0.25) is 0 Å². The number of ether oxygens (including phenoxy) is 1. The van der Waals surface area contributed by atoms with E-state index in [1.165, 1.54) is 0 Å². The van der Waals surface area contributed by atoms with Crippen LogP contribution in [0.3, 0.4) is 0 Å². The molecular formula is C24H25ClN2O2. The van der Waals surface area contributed by atoms with Crippen LogP contribution in [0, 0.1) is 5.41 Å². The van der Waals surface area contributed by atoms with Crippen molar-refractivity contribution in [2.75, 3.05) is 11.9 Å². The Hall–Kier alpha value is -2.85. The summed E-state index contributed by atoms with van der Waals surface area (Å²) in [5, 5.41) is 3.50. The molecule has 0 saturated carbocycles. The molecule has 1 amide bonds. The molecule has 0 fully saturated rings. The van der Waals surface area contributed by atoms with E-state index in [1.807, 2.05) is 36.4 Å². The normalized spacial score (nSPS) is 11.2. The van der Waals surface area contributed by atoms with Gasteiger partial charge in [0.05, 0.1) is 17.3 Å². The number of anilines is 1. The highest BCUT2D eigenvalue weighted by molar-refractivity contribution is 6.33. The van der Waals surface area contributed by atoms with E-state index < -0.39 is 0 Å². The highest BCUT2D eigenvalue weighted by atomic mass is 35.5. The zero-order chi connectivity index (χ0) is 20.9. The van der Waals surface area contributed by atoms with Crippen molar-refractivity contribution in [1.29, 1.82) is 0 Å². The van der Waals surface area contributed by atoms with Crippen molar-refractivity contribution in [3.63, 3.8) is 0 Å². The lowest BCUT2D eigenvalue weighted by molar-refractivity contribution is 0.102. The topological polar surface area (TPSA) is 51.2 Å². The number of hydrogen-bond donors (Lipinski definition) is 1. The number of carbonyl (C=O) groups is 1. The third-order valence-corrected chi connectivity index (χ3v) is 5.20.